The van der Waals surface area contributed by atoms with E-state index in [0.29, 0.717) is 31.9 Å². The fourth-order valence-corrected chi connectivity index (χ4v) is 6.57. The molecule has 7 rings (SSSR count). The van der Waals surface area contributed by atoms with Gasteiger partial charge in [0.15, 0.2) is 0 Å². The summed E-state index contributed by atoms with van der Waals surface area (Å²) in [6, 6.07) is 17.5. The highest BCUT2D eigenvalue weighted by Gasteiger charge is 2.46. The van der Waals surface area contributed by atoms with E-state index in [4.69, 9.17) is 9.47 Å². The Hall–Kier alpha value is -4.82. The lowest BCUT2D eigenvalue weighted by atomic mass is 10.0. The molecule has 3 atom stereocenters. The van der Waals surface area contributed by atoms with Crippen LogP contribution in [0.2, 0.25) is 0 Å². The normalized spacial score (nSPS) is 21.8. The van der Waals surface area contributed by atoms with E-state index in [-0.39, 0.29) is 49.1 Å². The van der Waals surface area contributed by atoms with Gasteiger partial charge in [0, 0.05) is 39.1 Å². The van der Waals surface area contributed by atoms with Crippen molar-refractivity contribution in [2.75, 3.05) is 32.8 Å². The number of carbonyl (C=O) groups is 2. The molecule has 48 heavy (non-hydrogen) atoms. The number of rotatable bonds is 6. The van der Waals surface area contributed by atoms with Crippen molar-refractivity contribution in [3.8, 4) is 11.4 Å². The number of nitrogens with zero attached hydrogens (tertiary/aromatic N) is 6. The lowest BCUT2D eigenvalue weighted by molar-refractivity contribution is -0.142. The number of benzene rings is 3. The first-order valence-corrected chi connectivity index (χ1v) is 15.6. The summed E-state index contributed by atoms with van der Waals surface area (Å²) in [6.45, 7) is 2.06. The van der Waals surface area contributed by atoms with Crippen LogP contribution < -0.4 is 4.74 Å². The minimum Gasteiger partial charge on any atom is -0.491 e. The quantitative estimate of drug-likeness (QED) is 0.284. The van der Waals surface area contributed by atoms with Gasteiger partial charge in [0.2, 0.25) is 5.91 Å². The largest absolute Gasteiger partial charge is 0.491 e. The minimum atomic E-state index is -4.69. The Kier molecular flexibility index (Phi) is 8.60. The lowest BCUT2D eigenvalue weighted by Gasteiger charge is -2.43. The summed E-state index contributed by atoms with van der Waals surface area (Å²) in [5.41, 5.74) is 0.470. The van der Waals surface area contributed by atoms with Crippen LogP contribution in [0.4, 0.5) is 17.6 Å². The second-order valence-corrected chi connectivity index (χ2v) is 12.2. The van der Waals surface area contributed by atoms with E-state index in [1.165, 1.54) is 27.9 Å². The average Bonchev–Trinajstić information content (AvgIpc) is 3.73. The number of halogens is 4. The highest BCUT2D eigenvalue weighted by atomic mass is 19.4. The Morgan fingerprint density at radius 2 is 1.73 bits per heavy atom. The zero-order valence-electron chi connectivity index (χ0n) is 25.7. The molecule has 14 heteroatoms. The van der Waals surface area contributed by atoms with Crippen LogP contribution in [0.15, 0.2) is 79.0 Å². The number of fused-ring (bicyclic) bond motifs is 3. The smallest absolute Gasteiger partial charge is 0.416 e. The Bertz CT molecular complexity index is 1800. The van der Waals surface area contributed by atoms with Crippen LogP contribution in [0.5, 0.6) is 5.75 Å². The van der Waals surface area contributed by atoms with Gasteiger partial charge in [-0.05, 0) is 35.9 Å². The molecule has 4 aromatic rings. The first-order valence-electron chi connectivity index (χ1n) is 15.6. The van der Waals surface area contributed by atoms with Crippen molar-refractivity contribution in [2.45, 2.75) is 43.9 Å². The molecule has 0 saturated carbocycles. The van der Waals surface area contributed by atoms with E-state index in [1.54, 1.807) is 23.1 Å². The molecule has 2 saturated heterocycles. The van der Waals surface area contributed by atoms with Crippen LogP contribution in [-0.4, -0.2) is 92.5 Å². The van der Waals surface area contributed by atoms with Crippen molar-refractivity contribution in [3.63, 3.8) is 0 Å². The molecule has 0 aliphatic carbocycles. The Morgan fingerprint density at radius 3 is 2.52 bits per heavy atom. The topological polar surface area (TPSA) is 93.0 Å². The molecule has 0 unspecified atom stereocenters. The highest BCUT2D eigenvalue weighted by Crippen LogP contribution is 2.36. The van der Waals surface area contributed by atoms with Gasteiger partial charge in [-0.2, -0.15) is 13.2 Å². The second kappa shape index (κ2) is 13.0. The minimum absolute atomic E-state index is 0.00693. The monoisotopic (exact) mass is 664 g/mol. The zero-order chi connectivity index (χ0) is 33.4. The molecule has 3 aromatic carbocycles. The number of ether oxygens (including phenoxy) is 2. The van der Waals surface area contributed by atoms with Gasteiger partial charge >= 0.3 is 6.18 Å². The molecular formula is C34H32F4N6O4. The van der Waals surface area contributed by atoms with Crippen molar-refractivity contribution < 1.29 is 36.6 Å². The molecule has 3 aliphatic heterocycles. The van der Waals surface area contributed by atoms with Crippen LogP contribution >= 0.6 is 0 Å². The van der Waals surface area contributed by atoms with Crippen LogP contribution in [0.1, 0.15) is 33.6 Å². The molecular weight excluding hydrogens is 632 g/mol. The summed E-state index contributed by atoms with van der Waals surface area (Å²) in [7, 11) is 0. The van der Waals surface area contributed by atoms with Crippen LogP contribution in [0, 0.1) is 5.82 Å². The lowest BCUT2D eigenvalue weighted by Crippen LogP contribution is -2.61. The Labute approximate surface area is 273 Å². The number of carbonyl (C=O) groups excluding carboxylic acids is 2. The molecule has 10 nitrogen and oxygen atoms in total. The molecule has 0 radical (unpaired) electrons. The van der Waals surface area contributed by atoms with Gasteiger partial charge in [-0.3, -0.25) is 14.5 Å². The predicted molar refractivity (Wildman–Crippen MR) is 163 cm³/mol. The van der Waals surface area contributed by atoms with Gasteiger partial charge in [0.05, 0.1) is 36.1 Å². The van der Waals surface area contributed by atoms with Crippen molar-refractivity contribution in [2.24, 2.45) is 0 Å². The fraction of sp³-hybridized carbons (Fsp3) is 0.353. The number of para-hydroxylation sites is 1. The number of amides is 2. The van der Waals surface area contributed by atoms with Crippen molar-refractivity contribution in [1.29, 1.82) is 0 Å². The molecule has 3 aliphatic rings. The van der Waals surface area contributed by atoms with E-state index in [1.807, 2.05) is 30.3 Å². The number of aromatic nitrogens is 3. The van der Waals surface area contributed by atoms with Crippen molar-refractivity contribution in [1.82, 2.24) is 29.7 Å². The molecule has 4 heterocycles. The summed E-state index contributed by atoms with van der Waals surface area (Å²) >= 11 is 0. The Balaban J connectivity index is 1.14. The number of piperazine rings is 1. The van der Waals surface area contributed by atoms with Crippen molar-refractivity contribution >= 4 is 11.8 Å². The molecule has 250 valence electrons. The highest BCUT2D eigenvalue weighted by molar-refractivity contribution is 6.00. The third kappa shape index (κ3) is 6.49. The maximum absolute atomic E-state index is 14.2. The zero-order valence-corrected chi connectivity index (χ0v) is 25.7. The van der Waals surface area contributed by atoms with Gasteiger partial charge in [-0.1, -0.05) is 47.7 Å². The first kappa shape index (κ1) is 31.8. The van der Waals surface area contributed by atoms with E-state index in [2.05, 4.69) is 15.2 Å². The summed E-state index contributed by atoms with van der Waals surface area (Å²) in [5, 5.41) is 8.04. The SMILES string of the molecule is O=C1[C@@H]2C[C@@H](OCc3cn(-c4ccccc4F)nn3)CN2C(=O)c2cc(C(F)(F)F)ccc2OC[C@@H]2CN(Cc3ccccc3)CCN12. The van der Waals surface area contributed by atoms with E-state index < -0.39 is 41.7 Å². The Morgan fingerprint density at radius 1 is 0.938 bits per heavy atom. The second-order valence-electron chi connectivity index (χ2n) is 12.2. The predicted octanol–water partition coefficient (Wildman–Crippen LogP) is 4.33. The summed E-state index contributed by atoms with van der Waals surface area (Å²) < 4.78 is 68.9. The van der Waals surface area contributed by atoms with Crippen LogP contribution in [0.25, 0.3) is 5.69 Å². The average molecular weight is 665 g/mol. The number of alkyl halides is 3. The van der Waals surface area contributed by atoms with Gasteiger partial charge in [-0.15, -0.1) is 5.10 Å². The molecule has 0 N–H and O–H groups in total. The molecule has 2 fully saturated rings. The number of hydrogen-bond donors (Lipinski definition) is 0. The summed E-state index contributed by atoms with van der Waals surface area (Å²) in [4.78, 5) is 33.4. The maximum Gasteiger partial charge on any atom is 0.416 e. The van der Waals surface area contributed by atoms with E-state index >= 15 is 0 Å². The van der Waals surface area contributed by atoms with Gasteiger partial charge in [0.25, 0.3) is 5.91 Å². The molecule has 1 aromatic heterocycles. The van der Waals surface area contributed by atoms with Crippen LogP contribution in [0.3, 0.4) is 0 Å². The van der Waals surface area contributed by atoms with Gasteiger partial charge < -0.3 is 19.3 Å². The molecule has 0 bridgehead atoms. The maximum atomic E-state index is 14.2. The third-order valence-electron chi connectivity index (χ3n) is 8.98. The standard InChI is InChI=1S/C34H32F4N6O4/c35-28-8-4-5-9-29(28)44-17-24(39-40-44)20-47-26-15-30-33(46)42-13-12-41(16-22-6-2-1-3-7-22)18-25(42)21-48-31-11-10-23(34(36,37)38)14-27(31)32(45)43(30)19-26/h1-11,14,17,25-26,30H,12-13,15-16,18-21H2/t25-,26+,30-/m0/s1. The fourth-order valence-electron chi connectivity index (χ4n) is 6.57. The van der Waals surface area contributed by atoms with E-state index in [0.717, 1.165) is 17.7 Å². The molecule has 0 spiro atoms. The van der Waals surface area contributed by atoms with Crippen molar-refractivity contribution in [3.05, 3.63) is 107 Å². The van der Waals surface area contributed by atoms with E-state index in [9.17, 15) is 27.2 Å². The van der Waals surface area contributed by atoms with Gasteiger partial charge in [0.1, 0.15) is 35.6 Å². The van der Waals surface area contributed by atoms with Gasteiger partial charge in [-0.25, -0.2) is 9.07 Å². The molecule has 2 amide bonds. The number of hydrogen-bond acceptors (Lipinski definition) is 7. The third-order valence-corrected chi connectivity index (χ3v) is 8.98. The first-order chi connectivity index (χ1) is 23.1. The summed E-state index contributed by atoms with van der Waals surface area (Å²) in [6.07, 6.45) is -3.66. The summed E-state index contributed by atoms with van der Waals surface area (Å²) in [5.74, 6) is -1.50. The van der Waals surface area contributed by atoms with Crippen LogP contribution in [-0.2, 0) is 28.9 Å².